The van der Waals surface area contributed by atoms with Gasteiger partial charge in [-0.3, -0.25) is 9.69 Å². The summed E-state index contributed by atoms with van der Waals surface area (Å²) in [5.74, 6) is -2.76. The Morgan fingerprint density at radius 1 is 0.867 bits per heavy atom. The van der Waals surface area contributed by atoms with Gasteiger partial charge in [-0.25, -0.2) is 19.0 Å². The number of carbonyl (C=O) groups is 3. The molecule has 4 rings (SSSR count). The fourth-order valence-electron chi connectivity index (χ4n) is 3.55. The molecule has 0 saturated heterocycles. The number of carbonyl (C=O) groups excluding carboxylic acids is 1. The molecule has 0 saturated carbocycles. The molecule has 9 nitrogen and oxygen atoms in total. The highest BCUT2D eigenvalue weighted by Crippen LogP contribution is 2.30. The first-order valence-electron chi connectivity index (χ1n) is 12.9. The monoisotopic (exact) mass is 648 g/mol. The molecular weight excluding hydrogens is 624 g/mol. The minimum Gasteiger partial charge on any atom is -0.480 e. The maximum Gasteiger partial charge on any atom is 0.417 e. The molecule has 2 N–H and O–H groups in total. The maximum absolute atomic E-state index is 13.3. The van der Waals surface area contributed by atoms with E-state index in [-0.39, 0.29) is 16.6 Å². The largest absolute Gasteiger partial charge is 0.480 e. The van der Waals surface area contributed by atoms with E-state index in [2.05, 4.69) is 4.98 Å². The molecule has 2 unspecified atom stereocenters. The molecule has 0 spiro atoms. The predicted molar refractivity (Wildman–Crippen MR) is 155 cm³/mol. The zero-order chi connectivity index (χ0) is 33.3. The second-order valence-electron chi connectivity index (χ2n) is 9.21. The molecular formula is C31H25ClF4N2O7. The lowest BCUT2D eigenvalue weighted by Crippen LogP contribution is -2.43. The lowest BCUT2D eigenvalue weighted by molar-refractivity contribution is -0.144. The molecule has 0 aliphatic rings. The number of carboxylic acid groups (broad SMARTS) is 2. The van der Waals surface area contributed by atoms with Crippen LogP contribution in [0, 0.1) is 5.82 Å². The number of alkyl halides is 3. The molecule has 236 valence electrons. The second kappa shape index (κ2) is 15.0. The van der Waals surface area contributed by atoms with Crippen LogP contribution in [0.2, 0.25) is 5.02 Å². The van der Waals surface area contributed by atoms with Crippen molar-refractivity contribution in [3.63, 3.8) is 0 Å². The summed E-state index contributed by atoms with van der Waals surface area (Å²) in [6.45, 7) is 2.76. The van der Waals surface area contributed by atoms with Crippen molar-refractivity contribution in [2.75, 3.05) is 4.90 Å². The first-order valence-corrected chi connectivity index (χ1v) is 13.3. The maximum atomic E-state index is 13.3. The number of halogens is 5. The number of amides is 1. The third kappa shape index (κ3) is 9.66. The highest BCUT2D eigenvalue weighted by molar-refractivity contribution is 6.31. The van der Waals surface area contributed by atoms with Gasteiger partial charge in [-0.15, -0.1) is 0 Å². The van der Waals surface area contributed by atoms with Crippen LogP contribution in [0.3, 0.4) is 0 Å². The van der Waals surface area contributed by atoms with Gasteiger partial charge in [0.1, 0.15) is 23.4 Å². The Morgan fingerprint density at radius 3 is 2.00 bits per heavy atom. The van der Waals surface area contributed by atoms with Crippen LogP contribution in [0.1, 0.15) is 29.8 Å². The number of rotatable bonds is 9. The van der Waals surface area contributed by atoms with E-state index in [4.69, 9.17) is 26.2 Å². The van der Waals surface area contributed by atoms with Crippen LogP contribution in [0.4, 0.5) is 23.2 Å². The third-order valence-electron chi connectivity index (χ3n) is 5.94. The minimum absolute atomic E-state index is 0.00516. The molecule has 14 heteroatoms. The van der Waals surface area contributed by atoms with Gasteiger partial charge in [0.15, 0.2) is 6.10 Å². The van der Waals surface area contributed by atoms with Crippen LogP contribution in [-0.4, -0.2) is 45.2 Å². The van der Waals surface area contributed by atoms with Crippen molar-refractivity contribution in [2.45, 2.75) is 32.2 Å². The van der Waals surface area contributed by atoms with Crippen LogP contribution < -0.4 is 14.4 Å². The summed E-state index contributed by atoms with van der Waals surface area (Å²) in [6, 6.07) is 18.7. The summed E-state index contributed by atoms with van der Waals surface area (Å²) in [5.41, 5.74) is -0.317. The van der Waals surface area contributed by atoms with E-state index in [0.29, 0.717) is 23.3 Å². The lowest BCUT2D eigenvalue weighted by atomic mass is 10.1. The molecule has 0 fully saturated rings. The van der Waals surface area contributed by atoms with Crippen LogP contribution in [-0.2, 0) is 15.8 Å². The van der Waals surface area contributed by atoms with Crippen LogP contribution in [0.5, 0.6) is 17.4 Å². The quantitative estimate of drug-likeness (QED) is 0.181. The predicted octanol–water partition coefficient (Wildman–Crippen LogP) is 7.34. The van der Waals surface area contributed by atoms with Gasteiger partial charge in [-0.1, -0.05) is 29.8 Å². The van der Waals surface area contributed by atoms with E-state index in [0.717, 1.165) is 23.1 Å². The van der Waals surface area contributed by atoms with Gasteiger partial charge in [-0.05, 0) is 74.5 Å². The average Bonchev–Trinajstić information content (AvgIpc) is 3.00. The molecule has 0 radical (unpaired) electrons. The molecule has 0 aliphatic carbocycles. The van der Waals surface area contributed by atoms with Crippen molar-refractivity contribution in [3.8, 4) is 17.4 Å². The van der Waals surface area contributed by atoms with Crippen LogP contribution in [0.15, 0.2) is 91.1 Å². The summed E-state index contributed by atoms with van der Waals surface area (Å²) in [5, 5.41) is 17.8. The number of benzene rings is 3. The Kier molecular flexibility index (Phi) is 11.5. The molecule has 1 aromatic heterocycles. The molecule has 4 aromatic rings. The average molecular weight is 649 g/mol. The van der Waals surface area contributed by atoms with Gasteiger partial charge in [0.25, 0.3) is 5.91 Å². The molecule has 45 heavy (non-hydrogen) atoms. The summed E-state index contributed by atoms with van der Waals surface area (Å²) in [7, 11) is 0. The standard InChI is InChI=1S/C16H13ClFNO3.C15H12F3NO4/c1-10(16(21)22)19(12-7-8-14(18)13(17)9-12)15(20)11-5-3-2-4-6-11;1-9(14(20)21)22-11-3-5-12(6-4-11)23-13-7-2-10(8-19-13)15(16,17)18/h2-10H,1H3,(H,21,22);2-9H,1H3,(H,20,21). The topological polar surface area (TPSA) is 126 Å². The molecule has 2 atom stereocenters. The number of pyridine rings is 1. The van der Waals surface area contributed by atoms with E-state index >= 15 is 0 Å². The summed E-state index contributed by atoms with van der Waals surface area (Å²) >= 11 is 5.73. The number of aromatic nitrogens is 1. The molecule has 3 aromatic carbocycles. The summed E-state index contributed by atoms with van der Waals surface area (Å²) < 4.78 is 61.0. The highest BCUT2D eigenvalue weighted by atomic mass is 35.5. The Morgan fingerprint density at radius 2 is 1.49 bits per heavy atom. The Bertz CT molecular complexity index is 1620. The van der Waals surface area contributed by atoms with Crippen molar-refractivity contribution in [2.24, 2.45) is 0 Å². The van der Waals surface area contributed by atoms with Crippen molar-refractivity contribution in [3.05, 3.63) is 113 Å². The molecule has 1 amide bonds. The van der Waals surface area contributed by atoms with Gasteiger partial charge in [-0.2, -0.15) is 13.2 Å². The number of carboxylic acids is 2. The number of anilines is 1. The van der Waals surface area contributed by atoms with Gasteiger partial charge >= 0.3 is 18.1 Å². The number of nitrogens with zero attached hydrogens (tertiary/aromatic N) is 2. The first kappa shape index (κ1) is 34.3. The smallest absolute Gasteiger partial charge is 0.417 e. The SMILES string of the molecule is CC(C(=O)O)N(C(=O)c1ccccc1)c1ccc(F)c(Cl)c1.CC(Oc1ccc(Oc2ccc(C(F)(F)F)cn2)cc1)C(=O)O. The molecule has 0 bridgehead atoms. The van der Waals surface area contributed by atoms with Crippen molar-refractivity contribution in [1.82, 2.24) is 4.98 Å². The first-order chi connectivity index (χ1) is 21.2. The van der Waals surface area contributed by atoms with Crippen LogP contribution >= 0.6 is 11.6 Å². The second-order valence-corrected chi connectivity index (χ2v) is 9.62. The van der Waals surface area contributed by atoms with Gasteiger partial charge in [0.2, 0.25) is 5.88 Å². The Hall–Kier alpha value is -5.17. The lowest BCUT2D eigenvalue weighted by Gasteiger charge is -2.27. The Labute approximate surface area is 259 Å². The van der Waals surface area contributed by atoms with E-state index < -0.39 is 47.5 Å². The molecule has 1 heterocycles. The Balaban J connectivity index is 0.000000246. The number of hydrogen-bond acceptors (Lipinski definition) is 6. The van der Waals surface area contributed by atoms with E-state index in [1.165, 1.54) is 50.2 Å². The summed E-state index contributed by atoms with van der Waals surface area (Å²) in [4.78, 5) is 39.2. The zero-order valence-electron chi connectivity index (χ0n) is 23.5. The highest BCUT2D eigenvalue weighted by Gasteiger charge is 2.31. The number of hydrogen-bond donors (Lipinski definition) is 2. The third-order valence-corrected chi connectivity index (χ3v) is 6.23. The van der Waals surface area contributed by atoms with E-state index in [1.807, 2.05) is 0 Å². The summed E-state index contributed by atoms with van der Waals surface area (Å²) in [6.07, 6.45) is -4.77. The zero-order valence-corrected chi connectivity index (χ0v) is 24.3. The van der Waals surface area contributed by atoms with Gasteiger partial charge < -0.3 is 19.7 Å². The molecule has 0 aliphatic heterocycles. The van der Waals surface area contributed by atoms with Gasteiger partial charge in [0.05, 0.1) is 10.6 Å². The van der Waals surface area contributed by atoms with Gasteiger partial charge in [0, 0.05) is 23.5 Å². The van der Waals surface area contributed by atoms with E-state index in [9.17, 15) is 37.1 Å². The fourth-order valence-corrected chi connectivity index (χ4v) is 3.73. The number of aliphatic carboxylic acids is 2. The minimum atomic E-state index is -4.45. The normalized spacial score (nSPS) is 12.2. The number of ether oxygens (including phenoxy) is 2. The van der Waals surface area contributed by atoms with Crippen LogP contribution in [0.25, 0.3) is 0 Å². The fraction of sp³-hybridized carbons (Fsp3) is 0.161. The van der Waals surface area contributed by atoms with Crippen molar-refractivity contribution < 1.29 is 51.6 Å². The van der Waals surface area contributed by atoms with Crippen molar-refractivity contribution >= 4 is 35.1 Å². The van der Waals surface area contributed by atoms with E-state index in [1.54, 1.807) is 30.3 Å². The van der Waals surface area contributed by atoms with Crippen molar-refractivity contribution in [1.29, 1.82) is 0 Å².